The van der Waals surface area contributed by atoms with Crippen molar-refractivity contribution in [3.8, 4) is 0 Å². The van der Waals surface area contributed by atoms with Gasteiger partial charge in [-0.1, -0.05) is 6.92 Å². The van der Waals surface area contributed by atoms with Gasteiger partial charge in [-0.2, -0.15) is 11.6 Å². The minimum absolute atomic E-state index is 0. The van der Waals surface area contributed by atoms with E-state index in [1.165, 1.54) is 11.1 Å². The van der Waals surface area contributed by atoms with Crippen molar-refractivity contribution in [2.24, 2.45) is 0 Å². The van der Waals surface area contributed by atoms with Crippen molar-refractivity contribution >= 4 is 24.8 Å². The van der Waals surface area contributed by atoms with Gasteiger partial charge < -0.3 is 0 Å². The standard InChI is InChI=1S/C7H9.C5H5.2ClH.Zr/c1-6-4-3-5-7(6)2;1-2-4-5-3-1;;;/h4H,5H2,1-2H3;1-3H,4H2;2*1H;/q2*-1;;;+2. The summed E-state index contributed by atoms with van der Waals surface area (Å²) < 4.78 is 0. The predicted octanol–water partition coefficient (Wildman–Crippen LogP) is 4.23. The molecule has 15 heavy (non-hydrogen) atoms. The Morgan fingerprint density at radius 3 is 1.93 bits per heavy atom. The average molecular weight is 322 g/mol. The summed E-state index contributed by atoms with van der Waals surface area (Å²) in [4.78, 5) is 0. The number of rotatable bonds is 0. The van der Waals surface area contributed by atoms with Crippen molar-refractivity contribution in [1.29, 1.82) is 0 Å². The molecule has 0 unspecified atom stereocenters. The van der Waals surface area contributed by atoms with E-state index in [4.69, 9.17) is 0 Å². The summed E-state index contributed by atoms with van der Waals surface area (Å²) in [7, 11) is 0. The Morgan fingerprint density at radius 1 is 1.13 bits per heavy atom. The molecule has 0 nitrogen and oxygen atoms in total. The second-order valence-corrected chi connectivity index (χ2v) is 2.99. The summed E-state index contributed by atoms with van der Waals surface area (Å²) in [5.41, 5.74) is 2.85. The number of halogens is 2. The average Bonchev–Trinajstić information content (AvgIpc) is 2.67. The van der Waals surface area contributed by atoms with Gasteiger partial charge in [0, 0.05) is 0 Å². The Hall–Kier alpha value is 0.423. The van der Waals surface area contributed by atoms with Crippen molar-refractivity contribution in [2.45, 2.75) is 26.7 Å². The van der Waals surface area contributed by atoms with Crippen molar-refractivity contribution in [3.63, 3.8) is 0 Å². The monoisotopic (exact) mass is 320 g/mol. The maximum absolute atomic E-state index is 3.12. The molecule has 0 bridgehead atoms. The smallest absolute Gasteiger partial charge is 0.273 e. The molecule has 0 saturated heterocycles. The molecule has 3 heteroatoms. The summed E-state index contributed by atoms with van der Waals surface area (Å²) in [6, 6.07) is 0. The van der Waals surface area contributed by atoms with Crippen LogP contribution < -0.4 is 0 Å². The molecule has 82 valence electrons. The minimum atomic E-state index is 0. The van der Waals surface area contributed by atoms with Crippen LogP contribution in [0.3, 0.4) is 0 Å². The first-order chi connectivity index (χ1) is 5.80. The van der Waals surface area contributed by atoms with E-state index >= 15 is 0 Å². The van der Waals surface area contributed by atoms with E-state index < -0.39 is 0 Å². The molecule has 2 aliphatic carbocycles. The fraction of sp³-hybridized carbons (Fsp3) is 0.333. The van der Waals surface area contributed by atoms with Crippen LogP contribution in [-0.2, 0) is 26.2 Å². The Balaban J connectivity index is -0.000000165. The number of allylic oxidation sites excluding steroid dienone is 8. The molecule has 0 aromatic rings. The van der Waals surface area contributed by atoms with Crippen LogP contribution in [0.2, 0.25) is 0 Å². The molecule has 0 spiro atoms. The molecule has 0 radical (unpaired) electrons. The molecule has 0 aliphatic heterocycles. The Bertz CT molecular complexity index is 253. The first kappa shape index (κ1) is 20.8. The minimum Gasteiger partial charge on any atom is -0.273 e. The Labute approximate surface area is 125 Å². The van der Waals surface area contributed by atoms with Crippen LogP contribution in [0.25, 0.3) is 0 Å². The maximum Gasteiger partial charge on any atom is 2.00 e. The van der Waals surface area contributed by atoms with E-state index in [0.717, 1.165) is 12.8 Å². The zero-order valence-corrected chi connectivity index (χ0v) is 13.1. The number of hydrogen-bond acceptors (Lipinski definition) is 0. The normalized spacial score (nSPS) is 14.8. The van der Waals surface area contributed by atoms with E-state index in [9.17, 15) is 0 Å². The van der Waals surface area contributed by atoms with Crippen molar-refractivity contribution in [2.75, 3.05) is 0 Å². The van der Waals surface area contributed by atoms with E-state index in [0.29, 0.717) is 0 Å². The van der Waals surface area contributed by atoms with Gasteiger partial charge >= 0.3 is 26.2 Å². The van der Waals surface area contributed by atoms with Gasteiger partial charge in [0.1, 0.15) is 0 Å². The van der Waals surface area contributed by atoms with Crippen LogP contribution in [0.1, 0.15) is 26.7 Å². The SMILES string of the molecule is CC1=C(C)C[C-]=C1.Cl.Cl.[C-]1=CC=CC1.[Zr+2]. The molecule has 0 aromatic carbocycles. The molecule has 0 heterocycles. The van der Waals surface area contributed by atoms with Crippen LogP contribution in [0.15, 0.2) is 35.5 Å². The molecule has 2 aliphatic rings. The molecular weight excluding hydrogens is 306 g/mol. The van der Waals surface area contributed by atoms with Gasteiger partial charge in [0.15, 0.2) is 0 Å². The summed E-state index contributed by atoms with van der Waals surface area (Å²) in [6.45, 7) is 4.27. The van der Waals surface area contributed by atoms with Gasteiger partial charge in [0.05, 0.1) is 0 Å². The molecule has 0 fully saturated rings. The largest absolute Gasteiger partial charge is 2.00 e. The van der Waals surface area contributed by atoms with Crippen molar-refractivity contribution in [1.82, 2.24) is 0 Å². The maximum atomic E-state index is 3.12. The van der Waals surface area contributed by atoms with Crippen LogP contribution in [0.5, 0.6) is 0 Å². The third-order valence-electron chi connectivity index (χ3n) is 1.94. The van der Waals surface area contributed by atoms with E-state index in [-0.39, 0.29) is 51.0 Å². The van der Waals surface area contributed by atoms with Crippen LogP contribution in [-0.4, -0.2) is 0 Å². The fourth-order valence-corrected chi connectivity index (χ4v) is 0.960. The Kier molecular flexibility index (Phi) is 17.3. The topological polar surface area (TPSA) is 0 Å². The van der Waals surface area contributed by atoms with Crippen LogP contribution >= 0.6 is 24.8 Å². The molecule has 0 aromatic heterocycles. The number of hydrogen-bond donors (Lipinski definition) is 0. The molecule has 0 N–H and O–H groups in total. The molecule has 0 saturated carbocycles. The van der Waals surface area contributed by atoms with Gasteiger partial charge in [0.2, 0.25) is 0 Å². The van der Waals surface area contributed by atoms with Crippen LogP contribution in [0.4, 0.5) is 0 Å². The molecule has 2 rings (SSSR count). The zero-order valence-electron chi connectivity index (χ0n) is 9.04. The second kappa shape index (κ2) is 12.5. The first-order valence-corrected chi connectivity index (χ1v) is 4.25. The van der Waals surface area contributed by atoms with Gasteiger partial charge in [-0.05, 0) is 0 Å². The van der Waals surface area contributed by atoms with Gasteiger partial charge in [-0.15, -0.1) is 44.6 Å². The molecule has 0 atom stereocenters. The second-order valence-electron chi connectivity index (χ2n) is 2.99. The predicted molar refractivity (Wildman–Crippen MR) is 66.9 cm³/mol. The third kappa shape index (κ3) is 9.36. The third-order valence-corrected chi connectivity index (χ3v) is 1.94. The van der Waals surface area contributed by atoms with Gasteiger partial charge in [-0.25, -0.2) is 23.8 Å². The Morgan fingerprint density at radius 2 is 1.80 bits per heavy atom. The van der Waals surface area contributed by atoms with Gasteiger partial charge in [0.25, 0.3) is 0 Å². The van der Waals surface area contributed by atoms with Gasteiger partial charge in [-0.3, -0.25) is 12.2 Å². The first-order valence-electron chi connectivity index (χ1n) is 4.25. The summed E-state index contributed by atoms with van der Waals surface area (Å²) in [5.74, 6) is 0. The summed E-state index contributed by atoms with van der Waals surface area (Å²) in [6.07, 6.45) is 16.2. The van der Waals surface area contributed by atoms with Crippen LogP contribution in [0, 0.1) is 12.2 Å². The quantitative estimate of drug-likeness (QED) is 0.585. The van der Waals surface area contributed by atoms with Crippen molar-refractivity contribution < 1.29 is 26.2 Å². The fourth-order valence-electron chi connectivity index (χ4n) is 0.960. The van der Waals surface area contributed by atoms with Crippen molar-refractivity contribution in [3.05, 3.63) is 47.6 Å². The van der Waals surface area contributed by atoms with E-state index in [1.807, 2.05) is 12.2 Å². The van der Waals surface area contributed by atoms with E-state index in [2.05, 4.69) is 38.2 Å². The molecule has 0 amide bonds. The summed E-state index contributed by atoms with van der Waals surface area (Å²) in [5, 5.41) is 0. The zero-order chi connectivity index (χ0) is 8.81. The molecular formula is C12H16Cl2Zr. The summed E-state index contributed by atoms with van der Waals surface area (Å²) >= 11 is 0. The van der Waals surface area contributed by atoms with E-state index in [1.54, 1.807) is 0 Å².